The lowest BCUT2D eigenvalue weighted by Gasteiger charge is -2.55. The first-order valence-electron chi connectivity index (χ1n) is 10.6. The average molecular weight is 484 g/mol. The van der Waals surface area contributed by atoms with Crippen LogP contribution in [0.5, 0.6) is 5.75 Å². The highest BCUT2D eigenvalue weighted by Gasteiger charge is 2.49. The van der Waals surface area contributed by atoms with Gasteiger partial charge in [0.05, 0.1) is 40.1 Å². The molecular formula is C24H23Cl2N5O2. The summed E-state index contributed by atoms with van der Waals surface area (Å²) in [6, 6.07) is 9.08. The van der Waals surface area contributed by atoms with E-state index in [0.717, 1.165) is 32.1 Å². The summed E-state index contributed by atoms with van der Waals surface area (Å²) >= 11 is 12.6. The summed E-state index contributed by atoms with van der Waals surface area (Å²) in [6.07, 6.45) is 3.27. The van der Waals surface area contributed by atoms with E-state index in [9.17, 15) is 0 Å². The molecule has 0 aliphatic carbocycles. The number of rotatable bonds is 6. The maximum atomic E-state index is 8.68. The number of aryl methyl sites for hydroxylation is 1. The topological polar surface area (TPSA) is 97.4 Å². The standard InChI is InChI=1S/C24H23Cl2N5O2/c1-14-22(26)18(19(25)8-29-14)9-33-16-3-4-20(27)17(6-16)23(28)15-2-5-21(30-7-15)31-10-24(11-31)12-32-13-24/h2-8,28H,9-13,27H2,1H3. The molecule has 5 rings (SSSR count). The van der Waals surface area contributed by atoms with Gasteiger partial charge in [-0.2, -0.15) is 0 Å². The average Bonchev–Trinajstić information content (AvgIpc) is 2.75. The predicted octanol–water partition coefficient (Wildman–Crippen LogP) is 4.51. The molecule has 1 aromatic carbocycles. The van der Waals surface area contributed by atoms with Gasteiger partial charge >= 0.3 is 0 Å². The van der Waals surface area contributed by atoms with Gasteiger partial charge in [0.2, 0.25) is 0 Å². The van der Waals surface area contributed by atoms with Crippen molar-refractivity contribution in [1.82, 2.24) is 9.97 Å². The number of pyridine rings is 2. The van der Waals surface area contributed by atoms with Crippen LogP contribution in [0.1, 0.15) is 22.4 Å². The maximum absolute atomic E-state index is 8.68. The maximum Gasteiger partial charge on any atom is 0.128 e. The molecule has 0 unspecified atom stereocenters. The zero-order valence-corrected chi connectivity index (χ0v) is 19.6. The second kappa shape index (κ2) is 8.48. The van der Waals surface area contributed by atoms with Crippen LogP contribution in [-0.4, -0.2) is 42.0 Å². The van der Waals surface area contributed by atoms with Gasteiger partial charge in [-0.1, -0.05) is 23.2 Å². The fourth-order valence-corrected chi connectivity index (χ4v) is 4.57. The molecule has 33 heavy (non-hydrogen) atoms. The van der Waals surface area contributed by atoms with Crippen LogP contribution in [0.3, 0.4) is 0 Å². The largest absolute Gasteiger partial charge is 0.489 e. The Morgan fingerprint density at radius 3 is 2.64 bits per heavy atom. The van der Waals surface area contributed by atoms with Crippen LogP contribution in [0.2, 0.25) is 10.0 Å². The van der Waals surface area contributed by atoms with Crippen LogP contribution in [0.4, 0.5) is 11.5 Å². The third-order valence-electron chi connectivity index (χ3n) is 6.15. The normalized spacial score (nSPS) is 16.3. The van der Waals surface area contributed by atoms with Crippen molar-refractivity contribution in [3.8, 4) is 5.75 Å². The molecule has 2 aromatic heterocycles. The fourth-order valence-electron chi connectivity index (χ4n) is 4.12. The minimum Gasteiger partial charge on any atom is -0.489 e. The summed E-state index contributed by atoms with van der Waals surface area (Å²) in [5.74, 6) is 1.47. The van der Waals surface area contributed by atoms with Gasteiger partial charge in [-0.15, -0.1) is 0 Å². The molecule has 4 heterocycles. The minimum absolute atomic E-state index is 0.177. The van der Waals surface area contributed by atoms with Crippen molar-refractivity contribution in [3.63, 3.8) is 0 Å². The Morgan fingerprint density at radius 2 is 1.97 bits per heavy atom. The first-order valence-corrected chi connectivity index (χ1v) is 11.3. The number of benzene rings is 1. The SMILES string of the molecule is Cc1ncc(Cl)c(COc2ccc(N)c(C(=N)c3ccc(N4CC5(COC5)C4)nc3)c2)c1Cl. The molecule has 170 valence electrons. The number of nitrogen functional groups attached to an aromatic ring is 1. The van der Waals surface area contributed by atoms with Gasteiger partial charge < -0.3 is 20.1 Å². The molecule has 1 spiro atoms. The summed E-state index contributed by atoms with van der Waals surface area (Å²) in [5.41, 5.74) is 9.87. The van der Waals surface area contributed by atoms with E-state index in [2.05, 4.69) is 14.9 Å². The van der Waals surface area contributed by atoms with Gasteiger partial charge in [0.25, 0.3) is 0 Å². The highest BCUT2D eigenvalue weighted by molar-refractivity contribution is 6.36. The molecular weight excluding hydrogens is 461 g/mol. The monoisotopic (exact) mass is 483 g/mol. The Bertz CT molecular complexity index is 1220. The van der Waals surface area contributed by atoms with E-state index in [-0.39, 0.29) is 12.3 Å². The van der Waals surface area contributed by atoms with Gasteiger partial charge in [0.15, 0.2) is 0 Å². The lowest BCUT2D eigenvalue weighted by atomic mass is 9.78. The number of aromatic nitrogens is 2. The summed E-state index contributed by atoms with van der Waals surface area (Å²) in [6.45, 7) is 5.59. The number of anilines is 2. The molecule has 0 bridgehead atoms. The van der Waals surface area contributed by atoms with Gasteiger partial charge in [0.1, 0.15) is 18.2 Å². The molecule has 7 nitrogen and oxygen atoms in total. The number of nitrogens with two attached hydrogens (primary N) is 1. The third kappa shape index (κ3) is 4.12. The molecule has 2 aliphatic rings. The van der Waals surface area contributed by atoms with E-state index in [1.807, 2.05) is 19.1 Å². The molecule has 9 heteroatoms. The van der Waals surface area contributed by atoms with Crippen molar-refractivity contribution in [2.75, 3.05) is 36.9 Å². The van der Waals surface area contributed by atoms with Crippen LogP contribution in [0.15, 0.2) is 42.7 Å². The van der Waals surface area contributed by atoms with Crippen LogP contribution >= 0.6 is 23.2 Å². The second-order valence-corrected chi connectivity index (χ2v) is 9.44. The van der Waals surface area contributed by atoms with E-state index in [1.54, 1.807) is 30.6 Å². The molecule has 3 aromatic rings. The quantitative estimate of drug-likeness (QED) is 0.395. The van der Waals surface area contributed by atoms with E-state index in [0.29, 0.717) is 49.3 Å². The van der Waals surface area contributed by atoms with Crippen LogP contribution in [-0.2, 0) is 11.3 Å². The molecule has 3 N–H and O–H groups in total. The fraction of sp³-hybridized carbons (Fsp3) is 0.292. The first kappa shape index (κ1) is 21.9. The van der Waals surface area contributed by atoms with Crippen molar-refractivity contribution in [2.45, 2.75) is 13.5 Å². The highest BCUT2D eigenvalue weighted by Crippen LogP contribution is 2.39. The van der Waals surface area contributed by atoms with Crippen LogP contribution < -0.4 is 15.4 Å². The zero-order valence-electron chi connectivity index (χ0n) is 18.1. The van der Waals surface area contributed by atoms with Crippen molar-refractivity contribution < 1.29 is 9.47 Å². The smallest absolute Gasteiger partial charge is 0.128 e. The Labute approximate surface area is 202 Å². The molecule has 0 saturated carbocycles. The van der Waals surface area contributed by atoms with Crippen molar-refractivity contribution in [2.24, 2.45) is 5.41 Å². The van der Waals surface area contributed by atoms with Crippen molar-refractivity contribution in [1.29, 1.82) is 5.41 Å². The number of hydrogen-bond acceptors (Lipinski definition) is 7. The first-order chi connectivity index (χ1) is 15.8. The number of halogens is 2. The number of nitrogens with zero attached hydrogens (tertiary/aromatic N) is 3. The van der Waals surface area contributed by atoms with E-state index < -0.39 is 0 Å². The lowest BCUT2D eigenvalue weighted by Crippen LogP contribution is -2.66. The summed E-state index contributed by atoms with van der Waals surface area (Å²) < 4.78 is 11.2. The Morgan fingerprint density at radius 1 is 1.18 bits per heavy atom. The number of ether oxygens (including phenoxy) is 2. The molecule has 0 amide bonds. The van der Waals surface area contributed by atoms with Crippen LogP contribution in [0.25, 0.3) is 0 Å². The highest BCUT2D eigenvalue weighted by atomic mass is 35.5. The lowest BCUT2D eigenvalue weighted by molar-refractivity contribution is -0.127. The van der Waals surface area contributed by atoms with Gasteiger partial charge in [-0.05, 0) is 37.3 Å². The van der Waals surface area contributed by atoms with Gasteiger partial charge in [0, 0.05) is 47.9 Å². The molecule has 2 fully saturated rings. The Kier molecular flexibility index (Phi) is 5.64. The molecule has 0 atom stereocenters. The zero-order chi connectivity index (χ0) is 23.2. The van der Waals surface area contributed by atoms with E-state index in [1.165, 1.54) is 0 Å². The molecule has 2 saturated heterocycles. The number of hydrogen-bond donors (Lipinski definition) is 2. The summed E-state index contributed by atoms with van der Waals surface area (Å²) in [7, 11) is 0. The minimum atomic E-state index is 0.177. The van der Waals surface area contributed by atoms with Crippen molar-refractivity contribution >= 4 is 40.4 Å². The molecule has 2 aliphatic heterocycles. The van der Waals surface area contributed by atoms with Gasteiger partial charge in [-0.3, -0.25) is 10.4 Å². The number of nitrogens with one attached hydrogen (secondary N) is 1. The van der Waals surface area contributed by atoms with Gasteiger partial charge in [-0.25, -0.2) is 4.98 Å². The molecule has 0 radical (unpaired) electrons. The second-order valence-electron chi connectivity index (χ2n) is 8.65. The predicted molar refractivity (Wildman–Crippen MR) is 130 cm³/mol. The van der Waals surface area contributed by atoms with E-state index in [4.69, 9.17) is 43.8 Å². The Balaban J connectivity index is 1.29. The van der Waals surface area contributed by atoms with Crippen LogP contribution in [0, 0.1) is 17.7 Å². The third-order valence-corrected chi connectivity index (χ3v) is 6.98. The Hall–Kier alpha value is -2.87. The summed E-state index contributed by atoms with van der Waals surface area (Å²) in [4.78, 5) is 10.9. The van der Waals surface area contributed by atoms with Crippen molar-refractivity contribution in [3.05, 3.63) is 75.2 Å². The van der Waals surface area contributed by atoms with E-state index >= 15 is 0 Å². The summed E-state index contributed by atoms with van der Waals surface area (Å²) in [5, 5.41) is 9.61.